The minimum Gasteiger partial charge on any atom is -0.306 e. The van der Waals surface area contributed by atoms with Gasteiger partial charge in [0, 0.05) is 12.6 Å². The number of aryl methyl sites for hydroxylation is 2. The van der Waals surface area contributed by atoms with Crippen molar-refractivity contribution in [1.29, 1.82) is 0 Å². The molecule has 1 nitrogen and oxygen atoms in total. The number of hydrogen-bond donors (Lipinski definition) is 1. The summed E-state index contributed by atoms with van der Waals surface area (Å²) in [6, 6.07) is 11.9. The van der Waals surface area contributed by atoms with Gasteiger partial charge in [-0.25, -0.2) is 4.39 Å². The van der Waals surface area contributed by atoms with Crippen LogP contribution >= 0.6 is 0 Å². The zero-order valence-corrected chi connectivity index (χ0v) is 12.6. The highest BCUT2D eigenvalue weighted by molar-refractivity contribution is 5.33. The lowest BCUT2D eigenvalue weighted by Crippen LogP contribution is -2.19. The van der Waals surface area contributed by atoms with Gasteiger partial charge in [0.1, 0.15) is 5.82 Å². The summed E-state index contributed by atoms with van der Waals surface area (Å²) in [6.07, 6.45) is 0. The second-order valence-corrected chi connectivity index (χ2v) is 5.47. The van der Waals surface area contributed by atoms with Gasteiger partial charge in [-0.3, -0.25) is 0 Å². The topological polar surface area (TPSA) is 12.0 Å². The van der Waals surface area contributed by atoms with Crippen molar-refractivity contribution in [2.75, 3.05) is 0 Å². The lowest BCUT2D eigenvalue weighted by molar-refractivity contribution is 0.562. The normalized spacial score (nSPS) is 12.4. The molecule has 1 unspecified atom stereocenters. The Hall–Kier alpha value is -1.67. The van der Waals surface area contributed by atoms with E-state index in [1.807, 2.05) is 12.1 Å². The average Bonchev–Trinajstić information content (AvgIpc) is 2.43. The zero-order valence-electron chi connectivity index (χ0n) is 12.6. The van der Waals surface area contributed by atoms with Gasteiger partial charge in [-0.1, -0.05) is 30.3 Å². The van der Waals surface area contributed by atoms with Crippen LogP contribution < -0.4 is 5.32 Å². The number of halogens is 1. The molecular formula is C18H22FN. The maximum absolute atomic E-state index is 13.6. The molecule has 2 heteroatoms. The minimum atomic E-state index is -0.136. The van der Waals surface area contributed by atoms with Crippen molar-refractivity contribution < 1.29 is 4.39 Å². The Morgan fingerprint density at radius 2 is 1.80 bits per heavy atom. The van der Waals surface area contributed by atoms with Gasteiger partial charge < -0.3 is 5.32 Å². The number of rotatable bonds is 4. The highest BCUT2D eigenvalue weighted by Crippen LogP contribution is 2.18. The average molecular weight is 271 g/mol. The standard InChI is InChI=1S/C18H22FN/c1-12-6-5-7-17(14(12)3)11-20-15(4)16-9-8-13(2)18(19)10-16/h5-10,15,20H,11H2,1-4H3. The first-order chi connectivity index (χ1) is 9.49. The van der Waals surface area contributed by atoms with Crippen molar-refractivity contribution in [1.82, 2.24) is 5.32 Å². The molecule has 106 valence electrons. The molecule has 2 rings (SSSR count). The van der Waals surface area contributed by atoms with E-state index in [0.717, 1.165) is 12.1 Å². The van der Waals surface area contributed by atoms with Crippen LogP contribution in [0.2, 0.25) is 0 Å². The van der Waals surface area contributed by atoms with Crippen molar-refractivity contribution in [3.8, 4) is 0 Å². The van der Waals surface area contributed by atoms with Gasteiger partial charge >= 0.3 is 0 Å². The molecular weight excluding hydrogens is 249 g/mol. The van der Waals surface area contributed by atoms with Crippen LogP contribution in [-0.2, 0) is 6.54 Å². The van der Waals surface area contributed by atoms with Gasteiger partial charge in [0.2, 0.25) is 0 Å². The Morgan fingerprint density at radius 1 is 1.05 bits per heavy atom. The number of benzene rings is 2. The number of nitrogens with one attached hydrogen (secondary N) is 1. The van der Waals surface area contributed by atoms with Crippen LogP contribution in [0.25, 0.3) is 0 Å². The van der Waals surface area contributed by atoms with E-state index in [-0.39, 0.29) is 11.9 Å². The van der Waals surface area contributed by atoms with E-state index in [4.69, 9.17) is 0 Å². The Kier molecular flexibility index (Phi) is 4.56. The van der Waals surface area contributed by atoms with E-state index in [1.165, 1.54) is 16.7 Å². The molecule has 0 fully saturated rings. The third-order valence-electron chi connectivity index (χ3n) is 4.01. The summed E-state index contributed by atoms with van der Waals surface area (Å²) in [7, 11) is 0. The van der Waals surface area contributed by atoms with Crippen molar-refractivity contribution >= 4 is 0 Å². The second kappa shape index (κ2) is 6.19. The minimum absolute atomic E-state index is 0.130. The summed E-state index contributed by atoms with van der Waals surface area (Å²) in [6.45, 7) is 8.91. The van der Waals surface area contributed by atoms with E-state index in [1.54, 1.807) is 13.0 Å². The molecule has 20 heavy (non-hydrogen) atoms. The third-order valence-corrected chi connectivity index (χ3v) is 4.01. The Morgan fingerprint density at radius 3 is 2.50 bits per heavy atom. The van der Waals surface area contributed by atoms with Gasteiger partial charge in [0.05, 0.1) is 0 Å². The molecule has 2 aromatic rings. The van der Waals surface area contributed by atoms with Gasteiger partial charge in [-0.05, 0) is 61.6 Å². The SMILES string of the molecule is Cc1ccc(C(C)NCc2cccc(C)c2C)cc1F. The van der Waals surface area contributed by atoms with E-state index in [2.05, 4.69) is 44.3 Å². The lowest BCUT2D eigenvalue weighted by atomic mass is 10.0. The van der Waals surface area contributed by atoms with E-state index < -0.39 is 0 Å². The summed E-state index contributed by atoms with van der Waals surface area (Å²) >= 11 is 0. The molecule has 1 atom stereocenters. The van der Waals surface area contributed by atoms with Gasteiger partial charge in [-0.15, -0.1) is 0 Å². The molecule has 0 amide bonds. The van der Waals surface area contributed by atoms with Gasteiger partial charge in [0.25, 0.3) is 0 Å². The predicted molar refractivity (Wildman–Crippen MR) is 82.3 cm³/mol. The van der Waals surface area contributed by atoms with E-state index in [9.17, 15) is 4.39 Å². The molecule has 0 bridgehead atoms. The molecule has 0 spiro atoms. The Balaban J connectivity index is 2.06. The van der Waals surface area contributed by atoms with Crippen LogP contribution in [-0.4, -0.2) is 0 Å². The van der Waals surface area contributed by atoms with Crippen molar-refractivity contribution in [2.45, 2.75) is 40.3 Å². The van der Waals surface area contributed by atoms with Crippen LogP contribution in [0, 0.1) is 26.6 Å². The fraction of sp³-hybridized carbons (Fsp3) is 0.333. The monoisotopic (exact) mass is 271 g/mol. The van der Waals surface area contributed by atoms with E-state index >= 15 is 0 Å². The smallest absolute Gasteiger partial charge is 0.126 e. The Labute approximate surface area is 120 Å². The maximum atomic E-state index is 13.6. The predicted octanol–water partition coefficient (Wildman–Crippen LogP) is 4.60. The highest BCUT2D eigenvalue weighted by Gasteiger charge is 2.08. The van der Waals surface area contributed by atoms with Crippen LogP contribution in [0.5, 0.6) is 0 Å². The van der Waals surface area contributed by atoms with Crippen molar-refractivity contribution in [2.24, 2.45) is 0 Å². The summed E-state index contributed by atoms with van der Waals surface area (Å²) in [5.74, 6) is -0.136. The fourth-order valence-corrected chi connectivity index (χ4v) is 2.26. The van der Waals surface area contributed by atoms with E-state index in [0.29, 0.717) is 5.56 Å². The summed E-state index contributed by atoms with van der Waals surface area (Å²) < 4.78 is 13.6. The van der Waals surface area contributed by atoms with Crippen molar-refractivity contribution in [3.05, 3.63) is 70.0 Å². The maximum Gasteiger partial charge on any atom is 0.126 e. The summed E-state index contributed by atoms with van der Waals surface area (Å²) in [5, 5.41) is 3.46. The largest absolute Gasteiger partial charge is 0.306 e. The van der Waals surface area contributed by atoms with Crippen molar-refractivity contribution in [3.63, 3.8) is 0 Å². The first kappa shape index (κ1) is 14.7. The van der Waals surface area contributed by atoms with Crippen LogP contribution in [0.15, 0.2) is 36.4 Å². The summed E-state index contributed by atoms with van der Waals surface area (Å²) in [4.78, 5) is 0. The molecule has 1 N–H and O–H groups in total. The molecule has 0 aliphatic carbocycles. The molecule has 0 aromatic heterocycles. The second-order valence-electron chi connectivity index (χ2n) is 5.47. The highest BCUT2D eigenvalue weighted by atomic mass is 19.1. The zero-order chi connectivity index (χ0) is 14.7. The molecule has 2 aromatic carbocycles. The van der Waals surface area contributed by atoms with Crippen LogP contribution in [0.4, 0.5) is 4.39 Å². The Bertz CT molecular complexity index is 604. The van der Waals surface area contributed by atoms with Crippen LogP contribution in [0.3, 0.4) is 0 Å². The fourth-order valence-electron chi connectivity index (χ4n) is 2.26. The molecule has 0 radical (unpaired) electrons. The molecule has 0 saturated heterocycles. The first-order valence-electron chi connectivity index (χ1n) is 7.03. The molecule has 0 heterocycles. The van der Waals surface area contributed by atoms with Crippen LogP contribution in [0.1, 0.15) is 40.8 Å². The third kappa shape index (κ3) is 3.26. The summed E-state index contributed by atoms with van der Waals surface area (Å²) in [5.41, 5.74) is 5.60. The number of hydrogen-bond acceptors (Lipinski definition) is 1. The molecule has 0 saturated carbocycles. The lowest BCUT2D eigenvalue weighted by Gasteiger charge is -2.16. The molecule has 0 aliphatic heterocycles. The first-order valence-corrected chi connectivity index (χ1v) is 7.03. The quantitative estimate of drug-likeness (QED) is 0.856. The van der Waals surface area contributed by atoms with Gasteiger partial charge in [-0.2, -0.15) is 0 Å². The van der Waals surface area contributed by atoms with Gasteiger partial charge in [0.15, 0.2) is 0 Å². The molecule has 0 aliphatic rings.